The molecule has 0 unspecified atom stereocenters. The smallest absolute Gasteiger partial charge is 0.242 e. The van der Waals surface area contributed by atoms with Crippen molar-refractivity contribution in [2.75, 3.05) is 24.5 Å². The van der Waals surface area contributed by atoms with Gasteiger partial charge in [0.15, 0.2) is 5.78 Å². The van der Waals surface area contributed by atoms with Gasteiger partial charge < -0.3 is 9.80 Å². The zero-order chi connectivity index (χ0) is 20.8. The van der Waals surface area contributed by atoms with Crippen molar-refractivity contribution in [2.24, 2.45) is 5.92 Å². The highest BCUT2D eigenvalue weighted by Crippen LogP contribution is 2.22. The van der Waals surface area contributed by atoms with Crippen LogP contribution in [0.4, 0.5) is 5.69 Å². The number of ketones is 1. The fourth-order valence-electron chi connectivity index (χ4n) is 3.83. The lowest BCUT2D eigenvalue weighted by Crippen LogP contribution is -2.45. The maximum atomic E-state index is 12.8. The number of hydrogen-bond acceptors (Lipinski definition) is 3. The van der Waals surface area contributed by atoms with Crippen LogP contribution in [0.2, 0.25) is 0 Å². The van der Waals surface area contributed by atoms with E-state index in [9.17, 15) is 14.4 Å². The van der Waals surface area contributed by atoms with Crippen molar-refractivity contribution in [1.29, 1.82) is 0 Å². The Morgan fingerprint density at radius 3 is 2.10 bits per heavy atom. The minimum Gasteiger partial charge on any atom is -0.341 e. The number of benzene rings is 2. The third-order valence-electron chi connectivity index (χ3n) is 5.59. The van der Waals surface area contributed by atoms with E-state index in [2.05, 4.69) is 24.3 Å². The van der Waals surface area contributed by atoms with E-state index in [0.717, 1.165) is 32.4 Å². The maximum absolute atomic E-state index is 12.8. The minimum absolute atomic E-state index is 0.0259. The number of piperidine rings is 1. The molecule has 0 saturated carbocycles. The van der Waals surface area contributed by atoms with E-state index in [0.29, 0.717) is 17.2 Å². The molecule has 2 aromatic carbocycles. The van der Waals surface area contributed by atoms with Gasteiger partial charge >= 0.3 is 0 Å². The molecule has 1 aliphatic rings. The summed E-state index contributed by atoms with van der Waals surface area (Å²) < 4.78 is 0. The van der Waals surface area contributed by atoms with Crippen molar-refractivity contribution in [3.8, 4) is 0 Å². The molecule has 2 amide bonds. The fourth-order valence-corrected chi connectivity index (χ4v) is 3.83. The number of Topliss-reactive ketones (excluding diaryl/α,β-unsaturated/α-hetero) is 1. The van der Waals surface area contributed by atoms with Crippen LogP contribution in [0.5, 0.6) is 0 Å². The van der Waals surface area contributed by atoms with E-state index in [1.807, 2.05) is 11.0 Å². The molecule has 2 aromatic rings. The van der Waals surface area contributed by atoms with Gasteiger partial charge in [-0.1, -0.05) is 30.3 Å². The second kappa shape index (κ2) is 9.50. The highest BCUT2D eigenvalue weighted by Gasteiger charge is 2.25. The largest absolute Gasteiger partial charge is 0.341 e. The predicted molar refractivity (Wildman–Crippen MR) is 114 cm³/mol. The van der Waals surface area contributed by atoms with Crippen LogP contribution in [-0.2, 0) is 16.0 Å². The average Bonchev–Trinajstić information content (AvgIpc) is 2.73. The summed E-state index contributed by atoms with van der Waals surface area (Å²) in [6.45, 7) is 4.44. The molecule has 0 aromatic heterocycles. The maximum Gasteiger partial charge on any atom is 0.242 e. The van der Waals surface area contributed by atoms with E-state index in [-0.39, 0.29) is 24.1 Å². The first-order valence-electron chi connectivity index (χ1n) is 10.1. The summed E-state index contributed by atoms with van der Waals surface area (Å²) in [6, 6.07) is 17.3. The monoisotopic (exact) mass is 392 g/mol. The number of carbonyl (C=O) groups excluding carboxylic acids is 3. The van der Waals surface area contributed by atoms with Gasteiger partial charge in [-0.2, -0.15) is 0 Å². The number of nitrogens with zero attached hydrogens (tertiary/aromatic N) is 2. The number of anilines is 1. The topological polar surface area (TPSA) is 57.7 Å². The van der Waals surface area contributed by atoms with E-state index in [1.165, 1.54) is 24.3 Å². The minimum atomic E-state index is -0.187. The van der Waals surface area contributed by atoms with Gasteiger partial charge in [-0.15, -0.1) is 0 Å². The van der Waals surface area contributed by atoms with Crippen LogP contribution in [0, 0.1) is 5.92 Å². The molecule has 1 aliphatic heterocycles. The molecule has 1 heterocycles. The molecule has 1 fully saturated rings. The Morgan fingerprint density at radius 2 is 1.55 bits per heavy atom. The van der Waals surface area contributed by atoms with E-state index in [4.69, 9.17) is 0 Å². The first kappa shape index (κ1) is 20.8. The van der Waals surface area contributed by atoms with Crippen molar-refractivity contribution >= 4 is 23.3 Å². The molecular formula is C24H28N2O3. The predicted octanol–water partition coefficient (Wildman–Crippen LogP) is 3.72. The Hall–Kier alpha value is -2.95. The van der Waals surface area contributed by atoms with Crippen molar-refractivity contribution in [1.82, 2.24) is 4.90 Å². The van der Waals surface area contributed by atoms with Gasteiger partial charge in [-0.05, 0) is 61.9 Å². The Morgan fingerprint density at radius 1 is 0.931 bits per heavy atom. The molecule has 0 bridgehead atoms. The fraction of sp³-hybridized carbons (Fsp3) is 0.375. The summed E-state index contributed by atoms with van der Waals surface area (Å²) in [7, 11) is 0. The number of amides is 2. The Kier molecular flexibility index (Phi) is 6.81. The van der Waals surface area contributed by atoms with Gasteiger partial charge in [-0.3, -0.25) is 14.4 Å². The quantitative estimate of drug-likeness (QED) is 0.704. The zero-order valence-corrected chi connectivity index (χ0v) is 17.1. The van der Waals surface area contributed by atoms with Crippen LogP contribution in [0.3, 0.4) is 0 Å². The standard InChI is InChI=1S/C24H28N2O3/c1-18(27)22-8-10-23(11-9-22)26(19(2)28)17-24(29)25-14-12-21(13-15-25)16-20-6-4-3-5-7-20/h3-11,21H,12-17H2,1-2H3. The normalized spacial score (nSPS) is 14.5. The van der Waals surface area contributed by atoms with Crippen LogP contribution >= 0.6 is 0 Å². The molecule has 3 rings (SSSR count). The molecular weight excluding hydrogens is 364 g/mol. The van der Waals surface area contributed by atoms with Crippen molar-refractivity contribution in [3.05, 3.63) is 65.7 Å². The summed E-state index contributed by atoms with van der Waals surface area (Å²) in [5, 5.41) is 0. The lowest BCUT2D eigenvalue weighted by molar-refractivity contribution is -0.132. The van der Waals surface area contributed by atoms with Crippen LogP contribution < -0.4 is 4.90 Å². The number of carbonyl (C=O) groups is 3. The Labute approximate surface area is 172 Å². The van der Waals surface area contributed by atoms with Crippen LogP contribution in [0.15, 0.2) is 54.6 Å². The highest BCUT2D eigenvalue weighted by molar-refractivity contribution is 5.98. The summed E-state index contributed by atoms with van der Waals surface area (Å²) >= 11 is 0. The van der Waals surface area contributed by atoms with Gasteiger partial charge in [-0.25, -0.2) is 0 Å². The second-order valence-corrected chi connectivity index (χ2v) is 7.72. The van der Waals surface area contributed by atoms with Gasteiger partial charge in [0.05, 0.1) is 0 Å². The molecule has 152 valence electrons. The van der Waals surface area contributed by atoms with Crippen molar-refractivity contribution in [2.45, 2.75) is 33.1 Å². The van der Waals surface area contributed by atoms with Gasteiger partial charge in [0.25, 0.3) is 0 Å². The van der Waals surface area contributed by atoms with Gasteiger partial charge in [0.2, 0.25) is 11.8 Å². The van der Waals surface area contributed by atoms with Crippen molar-refractivity contribution in [3.63, 3.8) is 0 Å². The average molecular weight is 392 g/mol. The van der Waals surface area contributed by atoms with Crippen LogP contribution in [0.1, 0.15) is 42.6 Å². The lowest BCUT2D eigenvalue weighted by atomic mass is 9.90. The number of rotatable bonds is 6. The molecule has 29 heavy (non-hydrogen) atoms. The first-order valence-corrected chi connectivity index (χ1v) is 10.1. The van der Waals surface area contributed by atoms with E-state index < -0.39 is 0 Å². The first-order chi connectivity index (χ1) is 13.9. The van der Waals surface area contributed by atoms with E-state index >= 15 is 0 Å². The summed E-state index contributed by atoms with van der Waals surface area (Å²) in [6.07, 6.45) is 3.01. The molecule has 5 nitrogen and oxygen atoms in total. The number of hydrogen-bond donors (Lipinski definition) is 0. The van der Waals surface area contributed by atoms with Gasteiger partial charge in [0.1, 0.15) is 6.54 Å². The SMILES string of the molecule is CC(=O)c1ccc(N(CC(=O)N2CCC(Cc3ccccc3)CC2)C(C)=O)cc1. The summed E-state index contributed by atoms with van der Waals surface area (Å²) in [4.78, 5) is 39.7. The summed E-state index contributed by atoms with van der Waals surface area (Å²) in [5.41, 5.74) is 2.56. The number of likely N-dealkylation sites (tertiary alicyclic amines) is 1. The highest BCUT2D eigenvalue weighted by atomic mass is 16.2. The van der Waals surface area contributed by atoms with Crippen LogP contribution in [-0.4, -0.2) is 42.1 Å². The molecule has 0 N–H and O–H groups in total. The second-order valence-electron chi connectivity index (χ2n) is 7.72. The lowest BCUT2D eigenvalue weighted by Gasteiger charge is -2.33. The van der Waals surface area contributed by atoms with E-state index in [1.54, 1.807) is 24.3 Å². The molecule has 1 saturated heterocycles. The molecule has 0 aliphatic carbocycles. The molecule has 5 heteroatoms. The van der Waals surface area contributed by atoms with Crippen molar-refractivity contribution < 1.29 is 14.4 Å². The molecule has 0 spiro atoms. The third-order valence-corrected chi connectivity index (χ3v) is 5.59. The van der Waals surface area contributed by atoms with Gasteiger partial charge in [0, 0.05) is 31.3 Å². The Balaban J connectivity index is 1.56. The zero-order valence-electron chi connectivity index (χ0n) is 17.1. The molecule has 0 radical (unpaired) electrons. The summed E-state index contributed by atoms with van der Waals surface area (Å²) in [5.74, 6) is 0.340. The van der Waals surface area contributed by atoms with Crippen LogP contribution in [0.25, 0.3) is 0 Å². The third kappa shape index (κ3) is 5.53. The molecule has 0 atom stereocenters. The Bertz CT molecular complexity index is 853.